The van der Waals surface area contributed by atoms with E-state index in [0.717, 1.165) is 30.6 Å². The summed E-state index contributed by atoms with van der Waals surface area (Å²) in [4.78, 5) is 18.7. The summed E-state index contributed by atoms with van der Waals surface area (Å²) in [6.45, 7) is 4.91. The van der Waals surface area contributed by atoms with E-state index in [2.05, 4.69) is 31.0 Å². The van der Waals surface area contributed by atoms with Crippen LogP contribution in [-0.2, 0) is 12.8 Å². The van der Waals surface area contributed by atoms with E-state index in [-0.39, 0.29) is 5.91 Å². The Balaban J connectivity index is 1.93. The largest absolute Gasteiger partial charge is 0.306 e. The number of amides is 1. The van der Waals surface area contributed by atoms with E-state index >= 15 is 0 Å². The zero-order chi connectivity index (χ0) is 14.1. The van der Waals surface area contributed by atoms with E-state index in [9.17, 15) is 4.79 Å². The Bertz CT molecular complexity index is 664. The maximum absolute atomic E-state index is 12.6. The number of nitrogens with zero attached hydrogens (tertiary/aromatic N) is 2. The van der Waals surface area contributed by atoms with Crippen LogP contribution in [0.15, 0.2) is 36.5 Å². The molecule has 1 aliphatic heterocycles. The fraction of sp³-hybridized carbons (Fsp3) is 0.294. The van der Waals surface area contributed by atoms with E-state index in [0.29, 0.717) is 5.69 Å². The average molecular weight is 266 g/mol. The predicted molar refractivity (Wildman–Crippen MR) is 80.2 cm³/mol. The summed E-state index contributed by atoms with van der Waals surface area (Å²) in [5.74, 6) is 0.00269. The van der Waals surface area contributed by atoms with Gasteiger partial charge in [-0.2, -0.15) is 0 Å². The highest BCUT2D eigenvalue weighted by Gasteiger charge is 2.26. The Morgan fingerprint density at radius 3 is 2.95 bits per heavy atom. The molecule has 0 fully saturated rings. The number of carbonyl (C=O) groups excluding carboxylic acids is 1. The van der Waals surface area contributed by atoms with Gasteiger partial charge in [-0.25, -0.2) is 0 Å². The van der Waals surface area contributed by atoms with Gasteiger partial charge in [-0.1, -0.05) is 24.6 Å². The first-order valence-corrected chi connectivity index (χ1v) is 7.05. The summed E-state index contributed by atoms with van der Waals surface area (Å²) in [5, 5.41) is 0. The van der Waals surface area contributed by atoms with Crippen molar-refractivity contribution in [1.82, 2.24) is 4.98 Å². The van der Waals surface area contributed by atoms with Crippen molar-refractivity contribution in [3.63, 3.8) is 0 Å². The number of aromatic nitrogens is 1. The summed E-state index contributed by atoms with van der Waals surface area (Å²) in [7, 11) is 0. The first-order chi connectivity index (χ1) is 9.69. The first kappa shape index (κ1) is 12.9. The van der Waals surface area contributed by atoms with Gasteiger partial charge in [-0.3, -0.25) is 9.78 Å². The molecule has 0 radical (unpaired) electrons. The SMILES string of the molecule is CCc1ccnc(C(=O)N2CCc3cc(C)ccc32)c1. The molecule has 0 atom stereocenters. The Kier molecular flexibility index (Phi) is 3.26. The van der Waals surface area contributed by atoms with E-state index in [1.807, 2.05) is 23.1 Å². The smallest absolute Gasteiger partial charge is 0.276 e. The monoisotopic (exact) mass is 266 g/mol. The van der Waals surface area contributed by atoms with Crippen LogP contribution in [-0.4, -0.2) is 17.4 Å². The number of carbonyl (C=O) groups is 1. The van der Waals surface area contributed by atoms with E-state index in [4.69, 9.17) is 0 Å². The van der Waals surface area contributed by atoms with Gasteiger partial charge in [0.05, 0.1) is 0 Å². The minimum Gasteiger partial charge on any atom is -0.306 e. The molecule has 1 aliphatic rings. The quantitative estimate of drug-likeness (QED) is 0.836. The summed E-state index contributed by atoms with van der Waals surface area (Å²) in [6, 6.07) is 10.1. The van der Waals surface area contributed by atoms with Crippen LogP contribution in [0.4, 0.5) is 5.69 Å². The van der Waals surface area contributed by atoms with Crippen LogP contribution >= 0.6 is 0 Å². The van der Waals surface area contributed by atoms with E-state index in [1.165, 1.54) is 11.1 Å². The number of fused-ring (bicyclic) bond motifs is 1. The Morgan fingerprint density at radius 2 is 2.15 bits per heavy atom. The third kappa shape index (κ3) is 2.20. The molecule has 1 amide bonds. The number of aryl methyl sites for hydroxylation is 2. The molecule has 0 saturated carbocycles. The van der Waals surface area contributed by atoms with E-state index < -0.39 is 0 Å². The first-order valence-electron chi connectivity index (χ1n) is 7.05. The zero-order valence-electron chi connectivity index (χ0n) is 11.9. The zero-order valence-corrected chi connectivity index (χ0v) is 11.9. The highest BCUT2D eigenvalue weighted by Crippen LogP contribution is 2.29. The highest BCUT2D eigenvalue weighted by atomic mass is 16.2. The molecule has 3 rings (SSSR count). The van der Waals surface area contributed by atoms with Crippen LogP contribution in [0.5, 0.6) is 0 Å². The summed E-state index contributed by atoms with van der Waals surface area (Å²) in [5.41, 5.74) is 5.21. The molecule has 2 aromatic rings. The second-order valence-electron chi connectivity index (χ2n) is 5.24. The van der Waals surface area contributed by atoms with Crippen LogP contribution in [0.3, 0.4) is 0 Å². The standard InChI is InChI=1S/C17H18N2O/c1-3-13-6-8-18-15(11-13)17(20)19-9-7-14-10-12(2)4-5-16(14)19/h4-6,8,10-11H,3,7,9H2,1-2H3. The molecule has 0 N–H and O–H groups in total. The molecule has 0 spiro atoms. The molecular weight excluding hydrogens is 248 g/mol. The molecule has 0 aliphatic carbocycles. The second kappa shape index (κ2) is 5.08. The maximum Gasteiger partial charge on any atom is 0.276 e. The molecule has 0 saturated heterocycles. The fourth-order valence-electron chi connectivity index (χ4n) is 2.69. The van der Waals surface area contributed by atoms with Gasteiger partial charge in [-0.15, -0.1) is 0 Å². The second-order valence-corrected chi connectivity index (χ2v) is 5.24. The lowest BCUT2D eigenvalue weighted by molar-refractivity contribution is 0.0984. The van der Waals surface area contributed by atoms with Crippen LogP contribution in [0.2, 0.25) is 0 Å². The third-order valence-electron chi connectivity index (χ3n) is 3.83. The van der Waals surface area contributed by atoms with Gasteiger partial charge in [0.25, 0.3) is 5.91 Å². The number of hydrogen-bond acceptors (Lipinski definition) is 2. The fourth-order valence-corrected chi connectivity index (χ4v) is 2.69. The maximum atomic E-state index is 12.6. The normalized spacial score (nSPS) is 13.4. The van der Waals surface area contributed by atoms with Crippen molar-refractivity contribution >= 4 is 11.6 Å². The number of anilines is 1. The van der Waals surface area contributed by atoms with Crippen LogP contribution in [0.25, 0.3) is 0 Å². The molecule has 3 heteroatoms. The van der Waals surface area contributed by atoms with Gasteiger partial charge >= 0.3 is 0 Å². The molecular formula is C17H18N2O. The minimum atomic E-state index is 0.00269. The van der Waals surface area contributed by atoms with Crippen LogP contribution in [0, 0.1) is 6.92 Å². The van der Waals surface area contributed by atoms with Gasteiger partial charge in [0.15, 0.2) is 0 Å². The topological polar surface area (TPSA) is 33.2 Å². The lowest BCUT2D eigenvalue weighted by atomic mass is 10.1. The Morgan fingerprint density at radius 1 is 1.30 bits per heavy atom. The molecule has 3 nitrogen and oxygen atoms in total. The van der Waals surface area contributed by atoms with Crippen molar-refractivity contribution in [2.75, 3.05) is 11.4 Å². The predicted octanol–water partition coefficient (Wildman–Crippen LogP) is 3.16. The summed E-state index contributed by atoms with van der Waals surface area (Å²) < 4.78 is 0. The summed E-state index contributed by atoms with van der Waals surface area (Å²) in [6.07, 6.45) is 3.56. The number of pyridine rings is 1. The molecule has 1 aromatic heterocycles. The van der Waals surface area contributed by atoms with E-state index in [1.54, 1.807) is 6.20 Å². The molecule has 1 aromatic carbocycles. The van der Waals surface area contributed by atoms with Crippen LogP contribution in [0.1, 0.15) is 34.1 Å². The van der Waals surface area contributed by atoms with Crippen molar-refractivity contribution in [2.24, 2.45) is 0 Å². The highest BCUT2D eigenvalue weighted by molar-refractivity contribution is 6.06. The number of hydrogen-bond donors (Lipinski definition) is 0. The van der Waals surface area contributed by atoms with Gasteiger partial charge < -0.3 is 4.90 Å². The molecule has 2 heterocycles. The number of rotatable bonds is 2. The van der Waals surface area contributed by atoms with Crippen molar-refractivity contribution in [3.8, 4) is 0 Å². The molecule has 0 bridgehead atoms. The Hall–Kier alpha value is -2.16. The third-order valence-corrected chi connectivity index (χ3v) is 3.83. The summed E-state index contributed by atoms with van der Waals surface area (Å²) >= 11 is 0. The number of benzene rings is 1. The lowest BCUT2D eigenvalue weighted by Crippen LogP contribution is -2.29. The van der Waals surface area contributed by atoms with Gasteiger partial charge in [-0.05, 0) is 49.1 Å². The molecule has 20 heavy (non-hydrogen) atoms. The van der Waals surface area contributed by atoms with Gasteiger partial charge in [0, 0.05) is 18.4 Å². The van der Waals surface area contributed by atoms with Gasteiger partial charge in [0.2, 0.25) is 0 Å². The molecule has 102 valence electrons. The van der Waals surface area contributed by atoms with Crippen molar-refractivity contribution in [1.29, 1.82) is 0 Å². The van der Waals surface area contributed by atoms with Crippen LogP contribution < -0.4 is 4.90 Å². The average Bonchev–Trinajstić information content (AvgIpc) is 2.89. The van der Waals surface area contributed by atoms with Crippen molar-refractivity contribution in [2.45, 2.75) is 26.7 Å². The van der Waals surface area contributed by atoms with Gasteiger partial charge in [0.1, 0.15) is 5.69 Å². The van der Waals surface area contributed by atoms with Crippen molar-refractivity contribution < 1.29 is 4.79 Å². The lowest BCUT2D eigenvalue weighted by Gasteiger charge is -2.17. The van der Waals surface area contributed by atoms with Crippen molar-refractivity contribution in [3.05, 3.63) is 58.9 Å². The molecule has 0 unspecified atom stereocenters. The Labute approximate surface area is 119 Å². The minimum absolute atomic E-state index is 0.00269.